The highest BCUT2D eigenvalue weighted by Gasteiger charge is 2.16. The summed E-state index contributed by atoms with van der Waals surface area (Å²) < 4.78 is 6.80. The Morgan fingerprint density at radius 3 is 2.87 bits per heavy atom. The van der Waals surface area contributed by atoms with Crippen molar-refractivity contribution in [2.75, 3.05) is 7.11 Å². The Morgan fingerprint density at radius 1 is 1.53 bits per heavy atom. The van der Waals surface area contributed by atoms with Crippen LogP contribution in [0.4, 0.5) is 0 Å². The van der Waals surface area contributed by atoms with Crippen molar-refractivity contribution in [2.24, 2.45) is 0 Å². The Balaban J connectivity index is 2.82. The van der Waals surface area contributed by atoms with Gasteiger partial charge >= 0.3 is 5.97 Å². The summed E-state index contributed by atoms with van der Waals surface area (Å²) in [6.45, 7) is 1.70. The number of ether oxygens (including phenoxy) is 1. The minimum absolute atomic E-state index is 0.0551. The molecule has 0 aliphatic rings. The van der Waals surface area contributed by atoms with E-state index >= 15 is 0 Å². The van der Waals surface area contributed by atoms with E-state index in [4.69, 9.17) is 9.84 Å². The molecule has 0 aliphatic carbocycles. The summed E-state index contributed by atoms with van der Waals surface area (Å²) in [5.41, 5.74) is 1.19. The van der Waals surface area contributed by atoms with Crippen LogP contribution in [0.5, 0.6) is 5.88 Å². The van der Waals surface area contributed by atoms with Crippen LogP contribution in [0.15, 0.2) is 18.2 Å². The van der Waals surface area contributed by atoms with Gasteiger partial charge in [0.1, 0.15) is 5.65 Å². The van der Waals surface area contributed by atoms with Gasteiger partial charge in [0, 0.05) is 0 Å². The van der Waals surface area contributed by atoms with E-state index in [1.54, 1.807) is 29.5 Å². The monoisotopic (exact) mass is 206 g/mol. The van der Waals surface area contributed by atoms with E-state index in [0.717, 1.165) is 0 Å². The van der Waals surface area contributed by atoms with Crippen molar-refractivity contribution < 1.29 is 14.6 Å². The average Bonchev–Trinajstić information content (AvgIpc) is 2.56. The molecule has 0 amide bonds. The lowest BCUT2D eigenvalue weighted by atomic mass is 10.3. The van der Waals surface area contributed by atoms with Crippen LogP contribution in [-0.2, 0) is 0 Å². The maximum atomic E-state index is 10.9. The first kappa shape index (κ1) is 9.51. The molecular formula is C10H10N2O3. The Kier molecular flexibility index (Phi) is 2.07. The number of imidazole rings is 1. The zero-order valence-corrected chi connectivity index (χ0v) is 8.39. The Bertz CT molecular complexity index is 531. The number of hydrogen-bond donors (Lipinski definition) is 1. The molecule has 0 spiro atoms. The molecule has 5 heteroatoms. The summed E-state index contributed by atoms with van der Waals surface area (Å²) in [6, 6.07) is 5.27. The number of pyridine rings is 1. The molecule has 0 aliphatic heterocycles. The number of aromatic carboxylic acids is 1. The second-order valence-electron chi connectivity index (χ2n) is 3.11. The number of carbonyl (C=O) groups is 1. The van der Waals surface area contributed by atoms with Gasteiger partial charge in [-0.2, -0.15) is 0 Å². The van der Waals surface area contributed by atoms with Gasteiger partial charge in [0.05, 0.1) is 12.8 Å². The van der Waals surface area contributed by atoms with Crippen molar-refractivity contribution in [1.29, 1.82) is 0 Å². The van der Waals surface area contributed by atoms with Gasteiger partial charge in [-0.15, -0.1) is 0 Å². The molecule has 2 aromatic heterocycles. The van der Waals surface area contributed by atoms with Crippen LogP contribution in [0.25, 0.3) is 5.65 Å². The lowest BCUT2D eigenvalue weighted by molar-refractivity contribution is 0.0690. The summed E-state index contributed by atoms with van der Waals surface area (Å²) in [4.78, 5) is 14.9. The molecule has 15 heavy (non-hydrogen) atoms. The third-order valence-corrected chi connectivity index (χ3v) is 2.25. The largest absolute Gasteiger partial charge is 0.482 e. The van der Waals surface area contributed by atoms with E-state index in [-0.39, 0.29) is 5.69 Å². The Morgan fingerprint density at radius 2 is 2.27 bits per heavy atom. The van der Waals surface area contributed by atoms with Gasteiger partial charge in [-0.1, -0.05) is 6.07 Å². The first-order valence-electron chi connectivity index (χ1n) is 4.40. The van der Waals surface area contributed by atoms with Crippen LogP contribution in [0.1, 0.15) is 16.2 Å². The van der Waals surface area contributed by atoms with Crippen molar-refractivity contribution in [3.8, 4) is 5.88 Å². The normalized spacial score (nSPS) is 10.5. The van der Waals surface area contributed by atoms with Gasteiger partial charge in [0.25, 0.3) is 0 Å². The van der Waals surface area contributed by atoms with E-state index < -0.39 is 5.97 Å². The van der Waals surface area contributed by atoms with Gasteiger partial charge in [-0.05, 0) is 19.1 Å². The molecule has 0 bridgehead atoms. The van der Waals surface area contributed by atoms with Crippen LogP contribution in [0, 0.1) is 6.92 Å². The van der Waals surface area contributed by atoms with Gasteiger partial charge in [-0.3, -0.25) is 4.40 Å². The van der Waals surface area contributed by atoms with E-state index in [1.807, 2.05) is 0 Å². The minimum atomic E-state index is -1.03. The Hall–Kier alpha value is -2.04. The lowest BCUT2D eigenvalue weighted by Gasteiger charge is -2.04. The van der Waals surface area contributed by atoms with E-state index in [2.05, 4.69) is 4.98 Å². The molecule has 0 aromatic carbocycles. The van der Waals surface area contributed by atoms with Crippen molar-refractivity contribution in [3.05, 3.63) is 29.6 Å². The summed E-state index contributed by atoms with van der Waals surface area (Å²) in [6.07, 6.45) is 0. The SMILES string of the molecule is COc1cccc2nc(C(=O)O)c(C)n12. The number of fused-ring (bicyclic) bond motifs is 1. The quantitative estimate of drug-likeness (QED) is 0.805. The first-order chi connectivity index (χ1) is 7.15. The first-order valence-corrected chi connectivity index (χ1v) is 4.40. The number of aryl methyl sites for hydroxylation is 1. The number of rotatable bonds is 2. The molecule has 2 heterocycles. The molecular weight excluding hydrogens is 196 g/mol. The van der Waals surface area contributed by atoms with Crippen molar-refractivity contribution in [3.63, 3.8) is 0 Å². The van der Waals surface area contributed by atoms with Crippen molar-refractivity contribution in [1.82, 2.24) is 9.38 Å². The van der Waals surface area contributed by atoms with Crippen LogP contribution >= 0.6 is 0 Å². The predicted molar refractivity (Wildman–Crippen MR) is 53.4 cm³/mol. The fraction of sp³-hybridized carbons (Fsp3) is 0.200. The van der Waals surface area contributed by atoms with E-state index in [0.29, 0.717) is 17.2 Å². The number of carboxylic acids is 1. The summed E-state index contributed by atoms with van der Waals surface area (Å²) in [7, 11) is 1.54. The fourth-order valence-electron chi connectivity index (χ4n) is 1.57. The molecule has 1 N–H and O–H groups in total. The smallest absolute Gasteiger partial charge is 0.356 e. The zero-order valence-electron chi connectivity index (χ0n) is 8.39. The van der Waals surface area contributed by atoms with Crippen LogP contribution in [0.2, 0.25) is 0 Å². The van der Waals surface area contributed by atoms with Gasteiger partial charge in [0.15, 0.2) is 11.6 Å². The van der Waals surface area contributed by atoms with E-state index in [1.165, 1.54) is 7.11 Å². The van der Waals surface area contributed by atoms with Gasteiger partial charge in [0.2, 0.25) is 0 Å². The maximum Gasteiger partial charge on any atom is 0.356 e. The molecule has 0 saturated carbocycles. The van der Waals surface area contributed by atoms with E-state index in [9.17, 15) is 4.79 Å². The highest BCUT2D eigenvalue weighted by molar-refractivity contribution is 5.87. The lowest BCUT2D eigenvalue weighted by Crippen LogP contribution is -2.00. The fourth-order valence-corrected chi connectivity index (χ4v) is 1.57. The van der Waals surface area contributed by atoms with Gasteiger partial charge < -0.3 is 9.84 Å². The number of aromatic nitrogens is 2. The second-order valence-corrected chi connectivity index (χ2v) is 3.11. The highest BCUT2D eigenvalue weighted by Crippen LogP contribution is 2.19. The summed E-state index contributed by atoms with van der Waals surface area (Å²) >= 11 is 0. The maximum absolute atomic E-state index is 10.9. The molecule has 2 rings (SSSR count). The number of nitrogens with zero attached hydrogens (tertiary/aromatic N) is 2. The molecule has 0 unspecified atom stereocenters. The second kappa shape index (κ2) is 3.27. The summed E-state index contributed by atoms with van der Waals surface area (Å²) in [5, 5.41) is 8.91. The standard InChI is InChI=1S/C10H10N2O3/c1-6-9(10(13)14)11-7-4-3-5-8(15-2)12(6)7/h3-5H,1-2H3,(H,13,14). The molecule has 0 radical (unpaired) electrons. The third-order valence-electron chi connectivity index (χ3n) is 2.25. The molecule has 0 fully saturated rings. The van der Waals surface area contributed by atoms with Crippen LogP contribution in [-0.4, -0.2) is 27.6 Å². The zero-order chi connectivity index (χ0) is 11.0. The molecule has 2 aromatic rings. The van der Waals surface area contributed by atoms with Crippen LogP contribution in [0.3, 0.4) is 0 Å². The minimum Gasteiger partial charge on any atom is -0.482 e. The van der Waals surface area contributed by atoms with Crippen molar-refractivity contribution >= 4 is 11.6 Å². The highest BCUT2D eigenvalue weighted by atomic mass is 16.5. The number of methoxy groups -OCH3 is 1. The number of hydrogen-bond acceptors (Lipinski definition) is 3. The molecule has 5 nitrogen and oxygen atoms in total. The Labute approximate surface area is 85.9 Å². The third kappa shape index (κ3) is 1.32. The van der Waals surface area contributed by atoms with Gasteiger partial charge in [-0.25, -0.2) is 9.78 Å². The predicted octanol–water partition coefficient (Wildman–Crippen LogP) is 1.35. The summed E-state index contributed by atoms with van der Waals surface area (Å²) in [5.74, 6) is -0.455. The topological polar surface area (TPSA) is 63.8 Å². The number of carboxylic acid groups (broad SMARTS) is 1. The molecule has 78 valence electrons. The van der Waals surface area contributed by atoms with Crippen molar-refractivity contribution in [2.45, 2.75) is 6.92 Å². The molecule has 0 saturated heterocycles. The average molecular weight is 206 g/mol. The molecule has 0 atom stereocenters. The van der Waals surface area contributed by atoms with Crippen LogP contribution < -0.4 is 4.74 Å².